The van der Waals surface area contributed by atoms with Crippen molar-refractivity contribution < 1.29 is 4.79 Å². The van der Waals surface area contributed by atoms with Crippen LogP contribution in [0.15, 0.2) is 24.3 Å². The van der Waals surface area contributed by atoms with Crippen molar-refractivity contribution in [3.05, 3.63) is 29.8 Å². The molecule has 1 aromatic carbocycles. The van der Waals surface area contributed by atoms with Crippen molar-refractivity contribution in [3.8, 4) is 0 Å². The lowest BCUT2D eigenvalue weighted by atomic mass is 9.98. The fraction of sp³-hybridized carbons (Fsp3) is 0.562. The van der Waals surface area contributed by atoms with E-state index >= 15 is 0 Å². The van der Waals surface area contributed by atoms with Crippen LogP contribution >= 0.6 is 0 Å². The topological polar surface area (TPSA) is 29.1 Å². The van der Waals surface area contributed by atoms with Gasteiger partial charge in [0, 0.05) is 11.6 Å². The van der Waals surface area contributed by atoms with E-state index in [1.807, 2.05) is 12.1 Å². The van der Waals surface area contributed by atoms with Crippen LogP contribution in [-0.2, 0) is 11.2 Å². The van der Waals surface area contributed by atoms with Crippen LogP contribution in [0.5, 0.6) is 0 Å². The van der Waals surface area contributed by atoms with E-state index in [0.717, 1.165) is 37.8 Å². The van der Waals surface area contributed by atoms with E-state index in [9.17, 15) is 4.79 Å². The molecule has 1 atom stereocenters. The van der Waals surface area contributed by atoms with Gasteiger partial charge >= 0.3 is 0 Å². The zero-order valence-electron chi connectivity index (χ0n) is 11.8. The van der Waals surface area contributed by atoms with E-state index in [2.05, 4.69) is 38.2 Å². The number of hydrogen-bond donors (Lipinski definition) is 1. The molecule has 0 aliphatic heterocycles. The molecule has 2 heteroatoms. The molecule has 1 N–H and O–H groups in total. The maximum absolute atomic E-state index is 12.1. The number of aryl methyl sites for hydroxylation is 1. The second kappa shape index (κ2) is 7.91. The highest BCUT2D eigenvalue weighted by molar-refractivity contribution is 5.92. The van der Waals surface area contributed by atoms with Crippen LogP contribution < -0.4 is 5.32 Å². The third-order valence-corrected chi connectivity index (χ3v) is 3.40. The second-order valence-corrected chi connectivity index (χ2v) is 4.79. The molecule has 0 spiro atoms. The van der Waals surface area contributed by atoms with Crippen LogP contribution in [0.25, 0.3) is 0 Å². The van der Waals surface area contributed by atoms with E-state index in [4.69, 9.17) is 0 Å². The fourth-order valence-corrected chi connectivity index (χ4v) is 2.04. The van der Waals surface area contributed by atoms with Crippen LogP contribution in [0.4, 0.5) is 5.69 Å². The van der Waals surface area contributed by atoms with Crippen molar-refractivity contribution >= 4 is 11.6 Å². The van der Waals surface area contributed by atoms with Crippen LogP contribution in [0, 0.1) is 5.92 Å². The molecule has 1 rings (SSSR count). The average molecular weight is 247 g/mol. The Morgan fingerprint density at radius 3 is 2.33 bits per heavy atom. The summed E-state index contributed by atoms with van der Waals surface area (Å²) in [4.78, 5) is 12.1. The monoisotopic (exact) mass is 247 g/mol. The van der Waals surface area contributed by atoms with Gasteiger partial charge in [-0.15, -0.1) is 0 Å². The summed E-state index contributed by atoms with van der Waals surface area (Å²) in [6.07, 6.45) is 5.21. The van der Waals surface area contributed by atoms with Crippen molar-refractivity contribution in [1.82, 2.24) is 0 Å². The maximum atomic E-state index is 12.1. The first-order valence-corrected chi connectivity index (χ1v) is 7.11. The van der Waals surface area contributed by atoms with Gasteiger partial charge in [0.2, 0.25) is 5.91 Å². The first-order chi connectivity index (χ1) is 8.71. The molecule has 0 heterocycles. The molecule has 18 heavy (non-hydrogen) atoms. The van der Waals surface area contributed by atoms with Crippen molar-refractivity contribution in [2.24, 2.45) is 5.92 Å². The Morgan fingerprint density at radius 2 is 1.83 bits per heavy atom. The summed E-state index contributed by atoms with van der Waals surface area (Å²) in [5, 5.41) is 3.01. The minimum atomic E-state index is 0.149. The number of benzene rings is 1. The smallest absolute Gasteiger partial charge is 0.227 e. The van der Waals surface area contributed by atoms with Gasteiger partial charge in [-0.05, 0) is 37.0 Å². The Balaban J connectivity index is 2.55. The zero-order chi connectivity index (χ0) is 13.4. The summed E-state index contributed by atoms with van der Waals surface area (Å²) in [5.41, 5.74) is 2.21. The van der Waals surface area contributed by atoms with Gasteiger partial charge < -0.3 is 5.32 Å². The summed E-state index contributed by atoms with van der Waals surface area (Å²) in [5.74, 6) is 0.311. The van der Waals surface area contributed by atoms with Crippen LogP contribution in [0.3, 0.4) is 0 Å². The fourth-order valence-electron chi connectivity index (χ4n) is 2.04. The van der Waals surface area contributed by atoms with Gasteiger partial charge in [0.1, 0.15) is 0 Å². The third kappa shape index (κ3) is 4.52. The molecule has 0 bridgehead atoms. The Morgan fingerprint density at radius 1 is 1.17 bits per heavy atom. The number of carbonyl (C=O) groups is 1. The molecule has 1 aromatic rings. The van der Waals surface area contributed by atoms with E-state index < -0.39 is 0 Å². The minimum Gasteiger partial charge on any atom is -0.326 e. The molecular weight excluding hydrogens is 222 g/mol. The molecule has 0 fully saturated rings. The predicted molar refractivity (Wildman–Crippen MR) is 77.8 cm³/mol. The van der Waals surface area contributed by atoms with E-state index in [0.29, 0.717) is 0 Å². The normalized spacial score (nSPS) is 12.2. The SMILES string of the molecule is CCCCC(CC)C(=O)Nc1ccc(CC)cc1. The lowest BCUT2D eigenvalue weighted by Gasteiger charge is -2.14. The summed E-state index contributed by atoms with van der Waals surface area (Å²) in [6, 6.07) is 8.12. The van der Waals surface area contributed by atoms with Gasteiger partial charge in [0.15, 0.2) is 0 Å². The molecule has 1 unspecified atom stereocenters. The highest BCUT2D eigenvalue weighted by Gasteiger charge is 2.15. The summed E-state index contributed by atoms with van der Waals surface area (Å²) < 4.78 is 0. The number of unbranched alkanes of at least 4 members (excludes halogenated alkanes) is 1. The highest BCUT2D eigenvalue weighted by atomic mass is 16.1. The quantitative estimate of drug-likeness (QED) is 0.760. The highest BCUT2D eigenvalue weighted by Crippen LogP contribution is 2.16. The standard InChI is InChI=1S/C16H25NO/c1-4-7-8-14(6-3)16(18)17-15-11-9-13(5-2)10-12-15/h9-12,14H,4-8H2,1-3H3,(H,17,18). The number of anilines is 1. The number of carbonyl (C=O) groups excluding carboxylic acids is 1. The number of rotatable bonds is 7. The lowest BCUT2D eigenvalue weighted by molar-refractivity contribution is -0.120. The average Bonchev–Trinajstić information content (AvgIpc) is 2.40. The predicted octanol–water partition coefficient (Wildman–Crippen LogP) is 4.40. The molecule has 100 valence electrons. The van der Waals surface area contributed by atoms with Gasteiger partial charge in [-0.1, -0.05) is 45.7 Å². The number of hydrogen-bond acceptors (Lipinski definition) is 1. The largest absolute Gasteiger partial charge is 0.326 e. The van der Waals surface area contributed by atoms with Gasteiger partial charge in [-0.25, -0.2) is 0 Å². The van der Waals surface area contributed by atoms with E-state index in [1.165, 1.54) is 5.56 Å². The van der Waals surface area contributed by atoms with Gasteiger partial charge in [0.05, 0.1) is 0 Å². The molecule has 0 aliphatic rings. The maximum Gasteiger partial charge on any atom is 0.227 e. The summed E-state index contributed by atoms with van der Waals surface area (Å²) in [7, 11) is 0. The third-order valence-electron chi connectivity index (χ3n) is 3.40. The Bertz CT molecular complexity index is 356. The molecule has 2 nitrogen and oxygen atoms in total. The lowest BCUT2D eigenvalue weighted by Crippen LogP contribution is -2.22. The molecule has 1 amide bonds. The van der Waals surface area contributed by atoms with Crippen molar-refractivity contribution in [3.63, 3.8) is 0 Å². The minimum absolute atomic E-state index is 0.149. The summed E-state index contributed by atoms with van der Waals surface area (Å²) >= 11 is 0. The van der Waals surface area contributed by atoms with Gasteiger partial charge in [0.25, 0.3) is 0 Å². The molecule has 0 aliphatic carbocycles. The molecule has 0 aromatic heterocycles. The molecular formula is C16H25NO. The first kappa shape index (κ1) is 14.7. The van der Waals surface area contributed by atoms with Gasteiger partial charge in [-0.2, -0.15) is 0 Å². The van der Waals surface area contributed by atoms with Crippen molar-refractivity contribution in [1.29, 1.82) is 0 Å². The Labute approximate surface area is 111 Å². The Kier molecular flexibility index (Phi) is 6.48. The number of nitrogens with one attached hydrogen (secondary N) is 1. The van der Waals surface area contributed by atoms with E-state index in [-0.39, 0.29) is 11.8 Å². The van der Waals surface area contributed by atoms with Crippen LogP contribution in [0.1, 0.15) is 52.0 Å². The van der Waals surface area contributed by atoms with E-state index in [1.54, 1.807) is 0 Å². The summed E-state index contributed by atoms with van der Waals surface area (Å²) in [6.45, 7) is 6.37. The van der Waals surface area contributed by atoms with Crippen LogP contribution in [-0.4, -0.2) is 5.91 Å². The number of amides is 1. The van der Waals surface area contributed by atoms with Gasteiger partial charge in [-0.3, -0.25) is 4.79 Å². The van der Waals surface area contributed by atoms with Crippen LogP contribution in [0.2, 0.25) is 0 Å². The molecule has 0 saturated carbocycles. The van der Waals surface area contributed by atoms with Crippen molar-refractivity contribution in [2.75, 3.05) is 5.32 Å². The second-order valence-electron chi connectivity index (χ2n) is 4.79. The molecule has 0 radical (unpaired) electrons. The molecule has 0 saturated heterocycles. The first-order valence-electron chi connectivity index (χ1n) is 7.11. The van der Waals surface area contributed by atoms with Crippen molar-refractivity contribution in [2.45, 2.75) is 52.9 Å². The Hall–Kier alpha value is -1.31. The zero-order valence-corrected chi connectivity index (χ0v) is 11.8.